The summed E-state index contributed by atoms with van der Waals surface area (Å²) in [6, 6.07) is 9.01. The maximum Gasteiger partial charge on any atom is 0.413 e. The minimum absolute atomic E-state index is 0.206. The average Bonchev–Trinajstić information content (AvgIpc) is 2.97. The molecule has 1 saturated heterocycles. The van der Waals surface area contributed by atoms with Gasteiger partial charge in [-0.2, -0.15) is 0 Å². The van der Waals surface area contributed by atoms with Crippen molar-refractivity contribution in [3.8, 4) is 0 Å². The largest absolute Gasteiger partial charge is 0.444 e. The number of amides is 2. The molecule has 0 radical (unpaired) electrons. The zero-order chi connectivity index (χ0) is 17.9. The van der Waals surface area contributed by atoms with Gasteiger partial charge in [0, 0.05) is 7.05 Å². The molecule has 0 bridgehead atoms. The van der Waals surface area contributed by atoms with E-state index in [0.29, 0.717) is 0 Å². The van der Waals surface area contributed by atoms with Gasteiger partial charge in [0.2, 0.25) is 6.23 Å². The zero-order valence-electron chi connectivity index (χ0n) is 14.7. The molecule has 7 nitrogen and oxygen atoms in total. The van der Waals surface area contributed by atoms with Crippen LogP contribution in [0.5, 0.6) is 0 Å². The van der Waals surface area contributed by atoms with E-state index < -0.39 is 29.9 Å². The lowest BCUT2D eigenvalue weighted by Gasteiger charge is -2.31. The maximum atomic E-state index is 12.7. The minimum Gasteiger partial charge on any atom is -0.444 e. The molecule has 132 valence electrons. The molecule has 1 unspecified atom stereocenters. The minimum atomic E-state index is -1.09. The van der Waals surface area contributed by atoms with Crippen molar-refractivity contribution in [2.45, 2.75) is 38.6 Å². The van der Waals surface area contributed by atoms with Crippen molar-refractivity contribution in [2.24, 2.45) is 0 Å². The molecule has 7 heteroatoms. The van der Waals surface area contributed by atoms with Crippen molar-refractivity contribution in [3.05, 3.63) is 35.9 Å². The number of nitrogens with zero attached hydrogens (tertiary/aromatic N) is 2. The molecular formula is C17H24N2O5. The van der Waals surface area contributed by atoms with Crippen LogP contribution < -0.4 is 0 Å². The first-order valence-corrected chi connectivity index (χ1v) is 7.74. The van der Waals surface area contributed by atoms with Gasteiger partial charge in [0.05, 0.1) is 19.8 Å². The van der Waals surface area contributed by atoms with Gasteiger partial charge >= 0.3 is 6.09 Å². The van der Waals surface area contributed by atoms with Crippen LogP contribution in [0, 0.1) is 0 Å². The summed E-state index contributed by atoms with van der Waals surface area (Å²) < 4.78 is 11.1. The Labute approximate surface area is 142 Å². The Hall–Kier alpha value is -2.12. The molecule has 2 amide bonds. The van der Waals surface area contributed by atoms with Gasteiger partial charge in [-0.25, -0.2) is 9.86 Å². The second kappa shape index (κ2) is 7.19. The molecule has 1 aliphatic rings. The summed E-state index contributed by atoms with van der Waals surface area (Å²) in [7, 11) is 2.84. The SMILES string of the molecule is CON(C)C(=O)C1OC[C@@H](c2ccccc2)N1C(=O)OC(C)(C)C. The number of benzene rings is 1. The smallest absolute Gasteiger partial charge is 0.413 e. The normalized spacial score (nSPS) is 20.8. The Morgan fingerprint density at radius 3 is 2.42 bits per heavy atom. The summed E-state index contributed by atoms with van der Waals surface area (Å²) in [4.78, 5) is 31.4. The fourth-order valence-corrected chi connectivity index (χ4v) is 2.41. The third kappa shape index (κ3) is 4.04. The highest BCUT2D eigenvalue weighted by Crippen LogP contribution is 2.32. The van der Waals surface area contributed by atoms with Crippen molar-refractivity contribution in [1.29, 1.82) is 0 Å². The Bertz CT molecular complexity index is 584. The Kier molecular flexibility index (Phi) is 5.46. The number of ether oxygens (including phenoxy) is 2. The monoisotopic (exact) mass is 336 g/mol. The number of hydrogen-bond acceptors (Lipinski definition) is 5. The number of hydroxylamine groups is 2. The van der Waals surface area contributed by atoms with Crippen molar-refractivity contribution in [2.75, 3.05) is 20.8 Å². The second-order valence-electron chi connectivity index (χ2n) is 6.52. The molecule has 0 aromatic heterocycles. The predicted octanol–water partition coefficient (Wildman–Crippen LogP) is 2.34. The first kappa shape index (κ1) is 18.2. The van der Waals surface area contributed by atoms with Crippen LogP contribution in [0.4, 0.5) is 4.79 Å². The molecule has 0 saturated carbocycles. The van der Waals surface area contributed by atoms with E-state index in [1.165, 1.54) is 19.1 Å². The van der Waals surface area contributed by atoms with Crippen molar-refractivity contribution in [3.63, 3.8) is 0 Å². The number of likely N-dealkylation sites (N-methyl/N-ethyl adjacent to an activating group) is 1. The number of hydrogen-bond donors (Lipinski definition) is 0. The van der Waals surface area contributed by atoms with E-state index in [9.17, 15) is 9.59 Å². The second-order valence-corrected chi connectivity index (χ2v) is 6.52. The van der Waals surface area contributed by atoms with Crippen molar-refractivity contribution in [1.82, 2.24) is 9.96 Å². The molecular weight excluding hydrogens is 312 g/mol. The van der Waals surface area contributed by atoms with E-state index in [1.807, 2.05) is 30.3 Å². The molecule has 0 aliphatic carbocycles. The summed E-state index contributed by atoms with van der Waals surface area (Å²) in [5, 5.41) is 1.04. The lowest BCUT2D eigenvalue weighted by Crippen LogP contribution is -2.49. The first-order chi connectivity index (χ1) is 11.2. The highest BCUT2D eigenvalue weighted by atomic mass is 16.7. The summed E-state index contributed by atoms with van der Waals surface area (Å²) in [5.74, 6) is -0.471. The van der Waals surface area contributed by atoms with Crippen LogP contribution in [0.3, 0.4) is 0 Å². The van der Waals surface area contributed by atoms with E-state index in [0.717, 1.165) is 10.6 Å². The lowest BCUT2D eigenvalue weighted by molar-refractivity contribution is -0.184. The third-order valence-electron chi connectivity index (χ3n) is 3.58. The molecule has 2 rings (SSSR count). The van der Waals surface area contributed by atoms with Gasteiger partial charge in [-0.15, -0.1) is 0 Å². The van der Waals surface area contributed by atoms with Gasteiger partial charge in [-0.3, -0.25) is 14.5 Å². The van der Waals surface area contributed by atoms with Gasteiger partial charge in [-0.05, 0) is 26.3 Å². The fourth-order valence-electron chi connectivity index (χ4n) is 2.41. The predicted molar refractivity (Wildman–Crippen MR) is 86.8 cm³/mol. The zero-order valence-corrected chi connectivity index (χ0v) is 14.7. The van der Waals surface area contributed by atoms with Gasteiger partial charge in [0.25, 0.3) is 5.91 Å². The number of rotatable bonds is 3. The van der Waals surface area contributed by atoms with Crippen LogP contribution in [0.2, 0.25) is 0 Å². The molecule has 1 fully saturated rings. The van der Waals surface area contributed by atoms with Gasteiger partial charge in [0.15, 0.2) is 0 Å². The van der Waals surface area contributed by atoms with Gasteiger partial charge < -0.3 is 9.47 Å². The molecule has 2 atom stereocenters. The van der Waals surface area contributed by atoms with E-state index >= 15 is 0 Å². The van der Waals surface area contributed by atoms with Gasteiger partial charge in [0.1, 0.15) is 5.60 Å². The highest BCUT2D eigenvalue weighted by molar-refractivity contribution is 5.84. The molecule has 0 spiro atoms. The lowest BCUT2D eigenvalue weighted by atomic mass is 10.1. The van der Waals surface area contributed by atoms with Crippen LogP contribution in [0.1, 0.15) is 32.4 Å². The molecule has 0 N–H and O–H groups in total. The van der Waals surface area contributed by atoms with Crippen molar-refractivity contribution >= 4 is 12.0 Å². The Morgan fingerprint density at radius 1 is 1.25 bits per heavy atom. The number of carbonyl (C=O) groups is 2. The van der Waals surface area contributed by atoms with Gasteiger partial charge in [-0.1, -0.05) is 30.3 Å². The maximum absolute atomic E-state index is 12.7. The third-order valence-corrected chi connectivity index (χ3v) is 3.58. The highest BCUT2D eigenvalue weighted by Gasteiger charge is 2.45. The first-order valence-electron chi connectivity index (χ1n) is 7.74. The van der Waals surface area contributed by atoms with Crippen LogP contribution in [-0.2, 0) is 19.1 Å². The topological polar surface area (TPSA) is 68.3 Å². The molecule has 1 aromatic rings. The quantitative estimate of drug-likeness (QED) is 0.793. The standard InChI is InChI=1S/C17H24N2O5/c1-17(2,3)24-16(21)19-13(12-9-7-6-8-10-12)11-23-15(19)14(20)18(4)22-5/h6-10,13,15H,11H2,1-5H3/t13-,15?/m0/s1. The Morgan fingerprint density at radius 2 is 1.88 bits per heavy atom. The van der Waals surface area contributed by atoms with E-state index in [1.54, 1.807) is 20.8 Å². The van der Waals surface area contributed by atoms with Crippen LogP contribution in [0.15, 0.2) is 30.3 Å². The average molecular weight is 336 g/mol. The fraction of sp³-hybridized carbons (Fsp3) is 0.529. The number of carbonyl (C=O) groups excluding carboxylic acids is 2. The Balaban J connectivity index is 2.32. The van der Waals surface area contributed by atoms with Crippen LogP contribution in [0.25, 0.3) is 0 Å². The van der Waals surface area contributed by atoms with E-state index in [-0.39, 0.29) is 6.61 Å². The van der Waals surface area contributed by atoms with E-state index in [2.05, 4.69) is 0 Å². The molecule has 1 aliphatic heterocycles. The van der Waals surface area contributed by atoms with Crippen LogP contribution in [-0.4, -0.2) is 54.6 Å². The molecule has 24 heavy (non-hydrogen) atoms. The summed E-state index contributed by atoms with van der Waals surface area (Å²) in [6.07, 6.45) is -1.69. The van der Waals surface area contributed by atoms with Crippen molar-refractivity contribution < 1.29 is 23.9 Å². The summed E-state index contributed by atoms with van der Waals surface area (Å²) >= 11 is 0. The summed E-state index contributed by atoms with van der Waals surface area (Å²) in [5.41, 5.74) is 0.195. The molecule has 1 heterocycles. The van der Waals surface area contributed by atoms with Crippen LogP contribution >= 0.6 is 0 Å². The molecule has 1 aromatic carbocycles. The summed E-state index contributed by atoms with van der Waals surface area (Å²) in [6.45, 7) is 5.53. The van der Waals surface area contributed by atoms with E-state index in [4.69, 9.17) is 14.3 Å².